The van der Waals surface area contributed by atoms with Crippen molar-refractivity contribution in [2.45, 2.75) is 25.7 Å². The van der Waals surface area contributed by atoms with Gasteiger partial charge in [0.05, 0.1) is 7.11 Å². The molecule has 66 valence electrons. The van der Waals surface area contributed by atoms with Crippen LogP contribution in [0.3, 0.4) is 0 Å². The van der Waals surface area contributed by atoms with Crippen molar-refractivity contribution in [3.8, 4) is 0 Å². The van der Waals surface area contributed by atoms with Crippen LogP contribution >= 0.6 is 0 Å². The second-order valence-electron chi connectivity index (χ2n) is 3.82. The van der Waals surface area contributed by atoms with Gasteiger partial charge in [0.25, 0.3) is 0 Å². The van der Waals surface area contributed by atoms with E-state index in [0.29, 0.717) is 5.92 Å². The number of hydrogen-bond acceptors (Lipinski definition) is 2. The third-order valence-electron chi connectivity index (χ3n) is 3.09. The Kier molecular flexibility index (Phi) is 1.91. The fraction of sp³-hybridized carbons (Fsp3) is 0.700. The number of allylic oxidation sites excluding steroid dienone is 1. The van der Waals surface area contributed by atoms with Crippen molar-refractivity contribution in [3.05, 3.63) is 11.6 Å². The summed E-state index contributed by atoms with van der Waals surface area (Å²) in [5, 5.41) is 0. The zero-order valence-corrected chi connectivity index (χ0v) is 7.38. The standard InChI is InChI=1S/C10H14O2/c1-12-10(11)6-9-5-7-2-3-8(9)4-7/h6-8H,2-5H2,1H3. The molecule has 2 rings (SSSR count). The molecule has 2 aliphatic carbocycles. The molecule has 2 fully saturated rings. The average molecular weight is 166 g/mol. The molecule has 0 heterocycles. The molecule has 0 saturated heterocycles. The summed E-state index contributed by atoms with van der Waals surface area (Å²) in [5.41, 5.74) is 1.33. The molecule has 0 aromatic carbocycles. The van der Waals surface area contributed by atoms with Crippen LogP contribution in [0.25, 0.3) is 0 Å². The molecule has 0 amide bonds. The monoisotopic (exact) mass is 166 g/mol. The molecular weight excluding hydrogens is 152 g/mol. The van der Waals surface area contributed by atoms with Gasteiger partial charge in [0.15, 0.2) is 0 Å². The largest absolute Gasteiger partial charge is 0.466 e. The van der Waals surface area contributed by atoms with Crippen LogP contribution in [-0.2, 0) is 9.53 Å². The van der Waals surface area contributed by atoms with Gasteiger partial charge < -0.3 is 4.74 Å². The Morgan fingerprint density at radius 1 is 1.58 bits per heavy atom. The highest BCUT2D eigenvalue weighted by atomic mass is 16.5. The topological polar surface area (TPSA) is 26.3 Å². The number of hydrogen-bond donors (Lipinski definition) is 0. The molecule has 2 bridgehead atoms. The number of rotatable bonds is 1. The number of carbonyl (C=O) groups excluding carboxylic acids is 1. The summed E-state index contributed by atoms with van der Waals surface area (Å²) in [6.45, 7) is 0. The number of methoxy groups -OCH3 is 1. The van der Waals surface area contributed by atoms with Gasteiger partial charge in [0.1, 0.15) is 0 Å². The van der Waals surface area contributed by atoms with E-state index in [2.05, 4.69) is 4.74 Å². The zero-order valence-electron chi connectivity index (χ0n) is 7.38. The molecule has 2 saturated carbocycles. The van der Waals surface area contributed by atoms with Crippen molar-refractivity contribution < 1.29 is 9.53 Å². The van der Waals surface area contributed by atoms with Gasteiger partial charge in [-0.05, 0) is 37.5 Å². The third-order valence-corrected chi connectivity index (χ3v) is 3.09. The molecule has 0 N–H and O–H groups in total. The minimum absolute atomic E-state index is 0.183. The van der Waals surface area contributed by atoms with Crippen LogP contribution in [0.5, 0.6) is 0 Å². The molecule has 2 unspecified atom stereocenters. The Morgan fingerprint density at radius 2 is 2.42 bits per heavy atom. The van der Waals surface area contributed by atoms with Crippen LogP contribution in [-0.4, -0.2) is 13.1 Å². The molecule has 2 nitrogen and oxygen atoms in total. The predicted octanol–water partition coefficient (Wildman–Crippen LogP) is 1.91. The maximum absolute atomic E-state index is 10.9. The normalized spacial score (nSPS) is 35.9. The van der Waals surface area contributed by atoms with Crippen LogP contribution in [0.2, 0.25) is 0 Å². The molecule has 0 radical (unpaired) electrons. The number of esters is 1. The molecule has 2 atom stereocenters. The maximum Gasteiger partial charge on any atom is 0.330 e. The van der Waals surface area contributed by atoms with Crippen molar-refractivity contribution in [1.29, 1.82) is 0 Å². The van der Waals surface area contributed by atoms with Gasteiger partial charge in [0.2, 0.25) is 0 Å². The van der Waals surface area contributed by atoms with E-state index in [9.17, 15) is 4.79 Å². The van der Waals surface area contributed by atoms with Gasteiger partial charge >= 0.3 is 5.97 Å². The van der Waals surface area contributed by atoms with Gasteiger partial charge in [-0.15, -0.1) is 0 Å². The lowest BCUT2D eigenvalue weighted by Crippen LogP contribution is -2.03. The van der Waals surface area contributed by atoms with Crippen LogP contribution in [0.4, 0.5) is 0 Å². The van der Waals surface area contributed by atoms with E-state index >= 15 is 0 Å². The van der Waals surface area contributed by atoms with Gasteiger partial charge in [-0.1, -0.05) is 5.57 Å². The SMILES string of the molecule is COC(=O)C=C1CC2CCC1C2. The lowest BCUT2D eigenvalue weighted by atomic mass is 9.95. The first-order valence-electron chi connectivity index (χ1n) is 4.58. The highest BCUT2D eigenvalue weighted by Crippen LogP contribution is 2.47. The van der Waals surface area contributed by atoms with Crippen LogP contribution in [0.1, 0.15) is 25.7 Å². The summed E-state index contributed by atoms with van der Waals surface area (Å²) in [7, 11) is 1.44. The van der Waals surface area contributed by atoms with Gasteiger partial charge in [-0.25, -0.2) is 4.79 Å². The molecule has 0 spiro atoms. The Bertz CT molecular complexity index is 230. The van der Waals surface area contributed by atoms with E-state index in [-0.39, 0.29) is 5.97 Å². The van der Waals surface area contributed by atoms with E-state index in [4.69, 9.17) is 0 Å². The van der Waals surface area contributed by atoms with Crippen molar-refractivity contribution >= 4 is 5.97 Å². The molecule has 2 heteroatoms. The molecule has 0 aliphatic heterocycles. The van der Waals surface area contributed by atoms with Crippen LogP contribution in [0, 0.1) is 11.8 Å². The average Bonchev–Trinajstić information content (AvgIpc) is 2.64. The Labute approximate surface area is 72.6 Å². The Balaban J connectivity index is 2.06. The zero-order chi connectivity index (χ0) is 8.55. The number of ether oxygens (including phenoxy) is 1. The van der Waals surface area contributed by atoms with Crippen molar-refractivity contribution in [2.24, 2.45) is 11.8 Å². The smallest absolute Gasteiger partial charge is 0.330 e. The van der Waals surface area contributed by atoms with Crippen molar-refractivity contribution in [3.63, 3.8) is 0 Å². The van der Waals surface area contributed by atoms with Gasteiger partial charge in [-0.2, -0.15) is 0 Å². The van der Waals surface area contributed by atoms with Gasteiger partial charge in [0, 0.05) is 6.08 Å². The molecule has 0 aromatic rings. The summed E-state index contributed by atoms with van der Waals surface area (Å²) in [6.07, 6.45) is 6.79. The second kappa shape index (κ2) is 2.92. The first kappa shape index (κ1) is 7.84. The highest BCUT2D eigenvalue weighted by Gasteiger charge is 2.35. The number of fused-ring (bicyclic) bond motifs is 2. The lowest BCUT2D eigenvalue weighted by molar-refractivity contribution is -0.134. The summed E-state index contributed by atoms with van der Waals surface area (Å²) < 4.78 is 4.60. The van der Waals surface area contributed by atoms with Gasteiger partial charge in [-0.3, -0.25) is 0 Å². The second-order valence-corrected chi connectivity index (χ2v) is 3.82. The van der Waals surface area contributed by atoms with E-state index in [1.54, 1.807) is 6.08 Å². The Morgan fingerprint density at radius 3 is 2.92 bits per heavy atom. The van der Waals surface area contributed by atoms with Crippen LogP contribution in [0.15, 0.2) is 11.6 Å². The lowest BCUT2D eigenvalue weighted by Gasteiger charge is -2.11. The van der Waals surface area contributed by atoms with E-state index < -0.39 is 0 Å². The first-order chi connectivity index (χ1) is 5.79. The molecular formula is C10H14O2. The first-order valence-corrected chi connectivity index (χ1v) is 4.58. The fourth-order valence-corrected chi connectivity index (χ4v) is 2.48. The van der Waals surface area contributed by atoms with E-state index in [1.807, 2.05) is 0 Å². The van der Waals surface area contributed by atoms with E-state index in [0.717, 1.165) is 12.3 Å². The quantitative estimate of drug-likeness (QED) is 0.439. The molecule has 0 aromatic heterocycles. The van der Waals surface area contributed by atoms with Crippen LogP contribution < -0.4 is 0 Å². The van der Waals surface area contributed by atoms with Crippen molar-refractivity contribution in [2.75, 3.05) is 7.11 Å². The fourth-order valence-electron chi connectivity index (χ4n) is 2.48. The minimum Gasteiger partial charge on any atom is -0.466 e. The summed E-state index contributed by atoms with van der Waals surface area (Å²) in [5.74, 6) is 1.39. The predicted molar refractivity (Wildman–Crippen MR) is 45.5 cm³/mol. The minimum atomic E-state index is -0.183. The summed E-state index contributed by atoms with van der Waals surface area (Å²) >= 11 is 0. The van der Waals surface area contributed by atoms with Crippen molar-refractivity contribution in [1.82, 2.24) is 0 Å². The Hall–Kier alpha value is -0.790. The third kappa shape index (κ3) is 1.26. The summed E-state index contributed by atoms with van der Waals surface area (Å²) in [6, 6.07) is 0. The number of carbonyl (C=O) groups is 1. The highest BCUT2D eigenvalue weighted by molar-refractivity contribution is 5.82. The maximum atomic E-state index is 10.9. The van der Waals surface area contributed by atoms with E-state index in [1.165, 1.54) is 31.9 Å². The molecule has 2 aliphatic rings. The summed E-state index contributed by atoms with van der Waals surface area (Å²) in [4.78, 5) is 10.9. The molecule has 12 heavy (non-hydrogen) atoms.